The van der Waals surface area contributed by atoms with Gasteiger partial charge in [-0.1, -0.05) is 6.92 Å². The predicted molar refractivity (Wildman–Crippen MR) is 88.9 cm³/mol. The van der Waals surface area contributed by atoms with Crippen LogP contribution in [0.5, 0.6) is 0 Å². The number of rotatable bonds is 5. The first-order chi connectivity index (χ1) is 10.8. The minimum atomic E-state index is -3.60. The summed E-state index contributed by atoms with van der Waals surface area (Å²) < 4.78 is 29.1. The average molecular weight is 342 g/mol. The molecule has 7 nitrogen and oxygen atoms in total. The molecule has 0 aromatic carbocycles. The first kappa shape index (κ1) is 18.0. The molecule has 0 spiro atoms. The van der Waals surface area contributed by atoms with Gasteiger partial charge in [-0.05, 0) is 39.0 Å². The van der Waals surface area contributed by atoms with Gasteiger partial charge in [-0.2, -0.15) is 4.31 Å². The van der Waals surface area contributed by atoms with Crippen molar-refractivity contribution in [2.24, 2.45) is 7.05 Å². The van der Waals surface area contributed by atoms with E-state index in [9.17, 15) is 13.2 Å². The Labute approximate surface area is 138 Å². The molecule has 0 radical (unpaired) electrons. The summed E-state index contributed by atoms with van der Waals surface area (Å²) in [6.45, 7) is 4.09. The SMILES string of the molecule is CCN(C1CCN(C)CC1)S(=O)(=O)c1cc(C(=O)NC)n(C)c1. The number of aryl methyl sites for hydroxylation is 1. The lowest BCUT2D eigenvalue weighted by Gasteiger charge is -2.35. The Hall–Kier alpha value is -1.38. The van der Waals surface area contributed by atoms with Crippen molar-refractivity contribution in [3.8, 4) is 0 Å². The van der Waals surface area contributed by atoms with Crippen LogP contribution in [0.4, 0.5) is 0 Å². The van der Waals surface area contributed by atoms with E-state index >= 15 is 0 Å². The van der Waals surface area contributed by atoms with Crippen LogP contribution in [0, 0.1) is 0 Å². The molecule has 1 fully saturated rings. The van der Waals surface area contributed by atoms with E-state index in [1.54, 1.807) is 15.9 Å². The van der Waals surface area contributed by atoms with E-state index in [-0.39, 0.29) is 16.8 Å². The smallest absolute Gasteiger partial charge is 0.267 e. The summed E-state index contributed by atoms with van der Waals surface area (Å²) in [5, 5.41) is 2.52. The zero-order valence-corrected chi connectivity index (χ0v) is 15.1. The molecule has 0 atom stereocenters. The number of carbonyl (C=O) groups is 1. The van der Waals surface area contributed by atoms with Crippen molar-refractivity contribution in [1.82, 2.24) is 19.1 Å². The maximum Gasteiger partial charge on any atom is 0.267 e. The van der Waals surface area contributed by atoms with Crippen LogP contribution in [0.15, 0.2) is 17.2 Å². The van der Waals surface area contributed by atoms with Crippen molar-refractivity contribution >= 4 is 15.9 Å². The van der Waals surface area contributed by atoms with E-state index in [0.717, 1.165) is 25.9 Å². The Morgan fingerprint density at radius 2 is 1.96 bits per heavy atom. The van der Waals surface area contributed by atoms with Gasteiger partial charge in [0.05, 0.1) is 0 Å². The topological polar surface area (TPSA) is 74.7 Å². The monoisotopic (exact) mass is 342 g/mol. The number of sulfonamides is 1. The largest absolute Gasteiger partial charge is 0.354 e. The average Bonchev–Trinajstić information content (AvgIpc) is 2.91. The molecule has 1 amide bonds. The maximum absolute atomic E-state index is 13.0. The van der Waals surface area contributed by atoms with Gasteiger partial charge in [0.2, 0.25) is 10.0 Å². The Morgan fingerprint density at radius 3 is 2.48 bits per heavy atom. The van der Waals surface area contributed by atoms with Crippen LogP contribution in [0.2, 0.25) is 0 Å². The van der Waals surface area contributed by atoms with Gasteiger partial charge < -0.3 is 14.8 Å². The third-order valence-electron chi connectivity index (χ3n) is 4.45. The third-order valence-corrected chi connectivity index (χ3v) is 6.45. The van der Waals surface area contributed by atoms with Gasteiger partial charge in [0, 0.05) is 32.9 Å². The summed E-state index contributed by atoms with van der Waals surface area (Å²) >= 11 is 0. The summed E-state index contributed by atoms with van der Waals surface area (Å²) in [4.78, 5) is 14.2. The van der Waals surface area contributed by atoms with Crippen LogP contribution in [-0.2, 0) is 17.1 Å². The summed E-state index contributed by atoms with van der Waals surface area (Å²) in [5.41, 5.74) is 0.338. The zero-order chi connectivity index (χ0) is 17.2. The van der Waals surface area contributed by atoms with Crippen molar-refractivity contribution in [2.45, 2.75) is 30.7 Å². The molecule has 1 aromatic heterocycles. The number of hydrogen-bond donors (Lipinski definition) is 1. The Morgan fingerprint density at radius 1 is 1.35 bits per heavy atom. The van der Waals surface area contributed by atoms with E-state index in [1.165, 1.54) is 19.3 Å². The first-order valence-corrected chi connectivity index (χ1v) is 9.34. The van der Waals surface area contributed by atoms with Gasteiger partial charge >= 0.3 is 0 Å². The van der Waals surface area contributed by atoms with Gasteiger partial charge in [0.15, 0.2) is 0 Å². The highest BCUT2D eigenvalue weighted by atomic mass is 32.2. The molecular formula is C15H26N4O3S. The molecule has 1 aromatic rings. The fraction of sp³-hybridized carbons (Fsp3) is 0.667. The summed E-state index contributed by atoms with van der Waals surface area (Å²) in [6, 6.07) is 1.47. The van der Waals surface area contributed by atoms with Crippen molar-refractivity contribution in [2.75, 3.05) is 33.7 Å². The molecule has 2 rings (SSSR count). The first-order valence-electron chi connectivity index (χ1n) is 7.90. The number of likely N-dealkylation sites (tertiary alicyclic amines) is 1. The standard InChI is InChI=1S/C15H26N4O3S/c1-5-19(12-6-8-17(3)9-7-12)23(21,22)13-10-14(15(20)16-2)18(4)11-13/h10-12H,5-9H2,1-4H3,(H,16,20). The fourth-order valence-electron chi connectivity index (χ4n) is 3.07. The molecule has 0 unspecified atom stereocenters. The van der Waals surface area contributed by atoms with Crippen molar-refractivity contribution in [1.29, 1.82) is 0 Å². The van der Waals surface area contributed by atoms with Crippen molar-refractivity contribution in [3.05, 3.63) is 18.0 Å². The number of aromatic nitrogens is 1. The Balaban J connectivity index is 2.30. The highest BCUT2D eigenvalue weighted by Gasteiger charge is 2.33. The molecule has 2 heterocycles. The zero-order valence-electron chi connectivity index (χ0n) is 14.2. The van der Waals surface area contributed by atoms with Crippen LogP contribution in [-0.4, -0.2) is 67.9 Å². The summed E-state index contributed by atoms with van der Waals surface area (Å²) in [5.74, 6) is -0.295. The van der Waals surface area contributed by atoms with Crippen molar-refractivity contribution < 1.29 is 13.2 Å². The lowest BCUT2D eigenvalue weighted by Crippen LogP contribution is -2.46. The molecule has 0 saturated carbocycles. The molecule has 8 heteroatoms. The quantitative estimate of drug-likeness (QED) is 0.845. The third kappa shape index (κ3) is 3.59. The van der Waals surface area contributed by atoms with Gasteiger partial charge in [-0.25, -0.2) is 8.42 Å². The van der Waals surface area contributed by atoms with E-state index in [1.807, 2.05) is 14.0 Å². The number of piperidine rings is 1. The van der Waals surface area contributed by atoms with Gasteiger partial charge in [0.25, 0.3) is 5.91 Å². The van der Waals surface area contributed by atoms with Crippen LogP contribution >= 0.6 is 0 Å². The second-order valence-corrected chi connectivity index (χ2v) is 7.88. The number of nitrogens with zero attached hydrogens (tertiary/aromatic N) is 3. The lowest BCUT2D eigenvalue weighted by atomic mass is 10.1. The molecule has 1 N–H and O–H groups in total. The second kappa shape index (κ2) is 7.02. The van der Waals surface area contributed by atoms with Crippen LogP contribution < -0.4 is 5.32 Å². The molecule has 1 saturated heterocycles. The highest BCUT2D eigenvalue weighted by Crippen LogP contribution is 2.25. The number of amides is 1. The fourth-order valence-corrected chi connectivity index (χ4v) is 4.84. The molecule has 0 aliphatic carbocycles. The maximum atomic E-state index is 13.0. The normalized spacial score (nSPS) is 17.6. The van der Waals surface area contributed by atoms with E-state index in [4.69, 9.17) is 0 Å². The molecule has 23 heavy (non-hydrogen) atoms. The minimum absolute atomic E-state index is 0.0184. The van der Waals surface area contributed by atoms with E-state index < -0.39 is 10.0 Å². The van der Waals surface area contributed by atoms with Gasteiger partial charge in [-0.15, -0.1) is 0 Å². The van der Waals surface area contributed by atoms with Crippen LogP contribution in [0.3, 0.4) is 0 Å². The summed E-state index contributed by atoms with van der Waals surface area (Å²) in [6.07, 6.45) is 3.18. The van der Waals surface area contributed by atoms with Crippen molar-refractivity contribution in [3.63, 3.8) is 0 Å². The Bertz CT molecular complexity index is 660. The number of nitrogens with one attached hydrogen (secondary N) is 1. The molecule has 0 bridgehead atoms. The van der Waals surface area contributed by atoms with Gasteiger partial charge in [0.1, 0.15) is 10.6 Å². The van der Waals surface area contributed by atoms with Gasteiger partial charge in [-0.3, -0.25) is 4.79 Å². The van der Waals surface area contributed by atoms with Crippen LogP contribution in [0.25, 0.3) is 0 Å². The minimum Gasteiger partial charge on any atom is -0.354 e. The number of hydrogen-bond acceptors (Lipinski definition) is 4. The predicted octanol–water partition coefficient (Wildman–Crippen LogP) is 0.490. The highest BCUT2D eigenvalue weighted by molar-refractivity contribution is 7.89. The molecular weight excluding hydrogens is 316 g/mol. The van der Waals surface area contributed by atoms with E-state index in [0.29, 0.717) is 12.2 Å². The van der Waals surface area contributed by atoms with E-state index in [2.05, 4.69) is 10.2 Å². The van der Waals surface area contributed by atoms with Crippen LogP contribution in [0.1, 0.15) is 30.3 Å². The Kier molecular flexibility index (Phi) is 5.49. The summed E-state index contributed by atoms with van der Waals surface area (Å²) in [7, 11) is 1.66. The molecule has 1 aliphatic heterocycles. The molecule has 1 aliphatic rings. The second-order valence-electron chi connectivity index (χ2n) is 5.99. The number of carbonyl (C=O) groups excluding carboxylic acids is 1. The molecule has 130 valence electrons. The lowest BCUT2D eigenvalue weighted by molar-refractivity contribution is 0.0955.